The largest absolute Gasteiger partial charge is 0.496 e. The standard InChI is InChI=1S/C12H17N3O5/c1-19-6-5-9(13)12(16)14-10-4-3-8(20-2)7-11(10)15(17)18/h3-4,7,9H,5-6,13H2,1-2H3,(H,14,16). The van der Waals surface area contributed by atoms with E-state index < -0.39 is 16.9 Å². The van der Waals surface area contributed by atoms with Crippen LogP contribution < -0.4 is 15.8 Å². The number of carbonyl (C=O) groups excluding carboxylic acids is 1. The highest BCUT2D eigenvalue weighted by Gasteiger charge is 2.20. The molecule has 0 saturated heterocycles. The minimum Gasteiger partial charge on any atom is -0.496 e. The Labute approximate surface area is 116 Å². The molecule has 0 aliphatic heterocycles. The first-order valence-corrected chi connectivity index (χ1v) is 5.87. The van der Waals surface area contributed by atoms with Crippen molar-refractivity contribution in [3.63, 3.8) is 0 Å². The van der Waals surface area contributed by atoms with Gasteiger partial charge in [0.25, 0.3) is 5.69 Å². The number of methoxy groups -OCH3 is 2. The van der Waals surface area contributed by atoms with Gasteiger partial charge in [0.1, 0.15) is 11.4 Å². The molecule has 0 aliphatic carbocycles. The van der Waals surface area contributed by atoms with Crippen LogP contribution in [0.1, 0.15) is 6.42 Å². The number of hydrogen-bond donors (Lipinski definition) is 2. The minimum absolute atomic E-state index is 0.0775. The van der Waals surface area contributed by atoms with Gasteiger partial charge in [0.15, 0.2) is 0 Å². The fourth-order valence-electron chi connectivity index (χ4n) is 1.50. The zero-order chi connectivity index (χ0) is 15.1. The Morgan fingerprint density at radius 1 is 1.50 bits per heavy atom. The first kappa shape index (κ1) is 15.9. The monoisotopic (exact) mass is 283 g/mol. The van der Waals surface area contributed by atoms with Crippen LogP contribution in [-0.2, 0) is 9.53 Å². The number of ether oxygens (including phenoxy) is 2. The van der Waals surface area contributed by atoms with Crippen molar-refractivity contribution in [1.29, 1.82) is 0 Å². The van der Waals surface area contributed by atoms with Crippen molar-refractivity contribution in [3.8, 4) is 5.75 Å². The number of hydrogen-bond acceptors (Lipinski definition) is 6. The van der Waals surface area contributed by atoms with Crippen LogP contribution in [0.5, 0.6) is 5.75 Å². The Morgan fingerprint density at radius 2 is 2.20 bits per heavy atom. The molecule has 3 N–H and O–H groups in total. The van der Waals surface area contributed by atoms with Gasteiger partial charge >= 0.3 is 0 Å². The molecule has 110 valence electrons. The number of nitro groups is 1. The van der Waals surface area contributed by atoms with Crippen molar-refractivity contribution in [2.24, 2.45) is 5.73 Å². The molecule has 1 rings (SSSR count). The maximum Gasteiger partial charge on any atom is 0.296 e. The summed E-state index contributed by atoms with van der Waals surface area (Å²) in [6.45, 7) is 0.333. The molecule has 1 amide bonds. The Bertz CT molecular complexity index is 492. The van der Waals surface area contributed by atoms with E-state index in [4.69, 9.17) is 15.2 Å². The zero-order valence-corrected chi connectivity index (χ0v) is 11.3. The van der Waals surface area contributed by atoms with E-state index in [9.17, 15) is 14.9 Å². The number of benzene rings is 1. The van der Waals surface area contributed by atoms with Crippen LogP contribution in [0.4, 0.5) is 11.4 Å². The highest BCUT2D eigenvalue weighted by atomic mass is 16.6. The maximum atomic E-state index is 11.8. The lowest BCUT2D eigenvalue weighted by molar-refractivity contribution is -0.384. The molecule has 1 aromatic carbocycles. The van der Waals surface area contributed by atoms with E-state index in [1.807, 2.05) is 0 Å². The van der Waals surface area contributed by atoms with E-state index in [0.717, 1.165) is 0 Å². The summed E-state index contributed by atoms with van der Waals surface area (Å²) >= 11 is 0. The summed E-state index contributed by atoms with van der Waals surface area (Å²) in [6.07, 6.45) is 0.326. The van der Waals surface area contributed by atoms with Crippen molar-refractivity contribution in [2.45, 2.75) is 12.5 Å². The quantitative estimate of drug-likeness (QED) is 0.567. The van der Waals surface area contributed by atoms with Crippen LogP contribution in [0.25, 0.3) is 0 Å². The number of nitrogens with zero attached hydrogens (tertiary/aromatic N) is 1. The third kappa shape index (κ3) is 4.18. The second-order valence-electron chi connectivity index (χ2n) is 4.02. The van der Waals surface area contributed by atoms with E-state index in [1.165, 1.54) is 32.4 Å². The second kappa shape index (κ2) is 7.41. The first-order valence-electron chi connectivity index (χ1n) is 5.87. The fourth-order valence-corrected chi connectivity index (χ4v) is 1.50. The first-order chi connectivity index (χ1) is 9.49. The van der Waals surface area contributed by atoms with Gasteiger partial charge in [-0.15, -0.1) is 0 Å². The Balaban J connectivity index is 2.86. The number of anilines is 1. The maximum absolute atomic E-state index is 11.8. The molecular formula is C12H17N3O5. The number of nitro benzene ring substituents is 1. The van der Waals surface area contributed by atoms with Gasteiger partial charge in [0.05, 0.1) is 24.1 Å². The van der Waals surface area contributed by atoms with Crippen molar-refractivity contribution in [1.82, 2.24) is 0 Å². The molecule has 0 heterocycles. The summed E-state index contributed by atoms with van der Waals surface area (Å²) in [4.78, 5) is 22.2. The SMILES string of the molecule is COCCC(N)C(=O)Nc1ccc(OC)cc1[N+](=O)[O-]. The third-order valence-corrected chi connectivity index (χ3v) is 2.63. The smallest absolute Gasteiger partial charge is 0.296 e. The van der Waals surface area contributed by atoms with Crippen LogP contribution >= 0.6 is 0 Å². The molecular weight excluding hydrogens is 266 g/mol. The molecule has 1 unspecified atom stereocenters. The average Bonchev–Trinajstić information content (AvgIpc) is 2.44. The van der Waals surface area contributed by atoms with E-state index in [0.29, 0.717) is 18.8 Å². The Kier molecular flexibility index (Phi) is 5.88. The van der Waals surface area contributed by atoms with Crippen molar-refractivity contribution in [3.05, 3.63) is 28.3 Å². The molecule has 20 heavy (non-hydrogen) atoms. The van der Waals surface area contributed by atoms with Crippen LogP contribution in [0.2, 0.25) is 0 Å². The lowest BCUT2D eigenvalue weighted by Gasteiger charge is -2.12. The number of nitrogens with two attached hydrogens (primary N) is 1. The number of nitrogens with one attached hydrogen (secondary N) is 1. The lowest BCUT2D eigenvalue weighted by Crippen LogP contribution is -2.36. The molecule has 1 aromatic rings. The molecule has 8 nitrogen and oxygen atoms in total. The number of amides is 1. The van der Waals surface area contributed by atoms with Crippen molar-refractivity contribution < 1.29 is 19.2 Å². The van der Waals surface area contributed by atoms with E-state index in [-0.39, 0.29) is 11.4 Å². The second-order valence-corrected chi connectivity index (χ2v) is 4.02. The molecule has 0 spiro atoms. The third-order valence-electron chi connectivity index (χ3n) is 2.63. The highest BCUT2D eigenvalue weighted by Crippen LogP contribution is 2.28. The summed E-state index contributed by atoms with van der Waals surface area (Å²) in [5.74, 6) is -0.173. The normalized spacial score (nSPS) is 11.8. The average molecular weight is 283 g/mol. The van der Waals surface area contributed by atoms with Crippen LogP contribution in [-0.4, -0.2) is 37.7 Å². The van der Waals surface area contributed by atoms with Gasteiger partial charge in [-0.1, -0.05) is 0 Å². The molecule has 0 radical (unpaired) electrons. The Morgan fingerprint density at radius 3 is 2.75 bits per heavy atom. The summed E-state index contributed by atoms with van der Waals surface area (Å²) in [5, 5.41) is 13.4. The van der Waals surface area contributed by atoms with Crippen LogP contribution in [0.3, 0.4) is 0 Å². The highest BCUT2D eigenvalue weighted by molar-refractivity contribution is 5.96. The van der Waals surface area contributed by atoms with Gasteiger partial charge in [-0.25, -0.2) is 0 Å². The lowest BCUT2D eigenvalue weighted by atomic mass is 10.2. The molecule has 0 aromatic heterocycles. The van der Waals surface area contributed by atoms with E-state index in [2.05, 4.69) is 5.32 Å². The van der Waals surface area contributed by atoms with Gasteiger partial charge in [0.2, 0.25) is 5.91 Å². The summed E-state index contributed by atoms with van der Waals surface area (Å²) < 4.78 is 9.73. The van der Waals surface area contributed by atoms with Crippen molar-refractivity contribution in [2.75, 3.05) is 26.1 Å². The summed E-state index contributed by atoms with van der Waals surface area (Å²) in [5.41, 5.74) is 5.47. The minimum atomic E-state index is -0.795. The molecule has 0 fully saturated rings. The number of carbonyl (C=O) groups is 1. The van der Waals surface area contributed by atoms with Gasteiger partial charge in [-0.2, -0.15) is 0 Å². The van der Waals surface area contributed by atoms with Gasteiger partial charge < -0.3 is 20.5 Å². The van der Waals surface area contributed by atoms with E-state index in [1.54, 1.807) is 0 Å². The molecule has 0 aliphatic rings. The number of rotatable bonds is 7. The molecule has 0 saturated carbocycles. The van der Waals surface area contributed by atoms with Gasteiger partial charge in [0, 0.05) is 13.7 Å². The fraction of sp³-hybridized carbons (Fsp3) is 0.417. The van der Waals surface area contributed by atoms with Gasteiger partial charge in [-0.3, -0.25) is 14.9 Å². The Hall–Kier alpha value is -2.19. The van der Waals surface area contributed by atoms with Crippen molar-refractivity contribution >= 4 is 17.3 Å². The predicted octanol–water partition coefficient (Wildman–Crippen LogP) is 0.906. The summed E-state index contributed by atoms with van der Waals surface area (Å²) in [6, 6.07) is 3.36. The van der Waals surface area contributed by atoms with Crippen LogP contribution in [0, 0.1) is 10.1 Å². The molecule has 1 atom stereocenters. The zero-order valence-electron chi connectivity index (χ0n) is 11.3. The van der Waals surface area contributed by atoms with E-state index >= 15 is 0 Å². The predicted molar refractivity (Wildman–Crippen MR) is 72.7 cm³/mol. The van der Waals surface area contributed by atoms with Crippen LogP contribution in [0.15, 0.2) is 18.2 Å². The molecule has 8 heteroatoms. The topological polar surface area (TPSA) is 117 Å². The summed E-state index contributed by atoms with van der Waals surface area (Å²) in [7, 11) is 2.90. The van der Waals surface area contributed by atoms with Gasteiger partial charge in [-0.05, 0) is 18.6 Å². The molecule has 0 bridgehead atoms.